The zero-order valence-electron chi connectivity index (χ0n) is 12.4. The van der Waals surface area contributed by atoms with Crippen LogP contribution in [0.5, 0.6) is 5.75 Å². The molecule has 0 fully saturated rings. The molecule has 0 atom stereocenters. The number of ether oxygens (including phenoxy) is 1. The van der Waals surface area contributed by atoms with Crippen molar-refractivity contribution in [2.45, 2.75) is 32.2 Å². The van der Waals surface area contributed by atoms with E-state index < -0.39 is 30.6 Å². The van der Waals surface area contributed by atoms with Crippen LogP contribution in [0.15, 0.2) is 24.3 Å². The molecule has 0 aliphatic heterocycles. The van der Waals surface area contributed by atoms with E-state index in [9.17, 15) is 13.6 Å². The molecule has 7 heteroatoms. The molecule has 0 bridgehead atoms. The van der Waals surface area contributed by atoms with Gasteiger partial charge in [-0.1, -0.05) is 12.1 Å². The van der Waals surface area contributed by atoms with E-state index in [0.29, 0.717) is 5.69 Å². The number of nitrogens with two attached hydrogens (primary N) is 1. The molecule has 0 unspecified atom stereocenters. The lowest BCUT2D eigenvalue weighted by molar-refractivity contribution is -0.0317. The number of urea groups is 1. The van der Waals surface area contributed by atoms with Gasteiger partial charge in [0, 0.05) is 5.54 Å². The molecule has 1 aromatic carbocycles. The van der Waals surface area contributed by atoms with E-state index >= 15 is 0 Å². The van der Waals surface area contributed by atoms with Gasteiger partial charge in [0.15, 0.2) is 6.61 Å². The first-order valence-electron chi connectivity index (χ1n) is 6.52. The number of anilines is 1. The molecule has 0 heterocycles. The smallest absolute Gasteiger partial charge is 0.319 e. The van der Waals surface area contributed by atoms with Crippen molar-refractivity contribution in [2.75, 3.05) is 18.5 Å². The summed E-state index contributed by atoms with van der Waals surface area (Å²) < 4.78 is 31.3. The van der Waals surface area contributed by atoms with E-state index in [1.807, 2.05) is 20.8 Å². The molecule has 0 aliphatic carbocycles. The summed E-state index contributed by atoms with van der Waals surface area (Å²) in [4.78, 5) is 11.8. The monoisotopic (exact) mass is 301 g/mol. The summed E-state index contributed by atoms with van der Waals surface area (Å²) in [7, 11) is 0. The Hall–Kier alpha value is -1.89. The van der Waals surface area contributed by atoms with Crippen molar-refractivity contribution in [2.24, 2.45) is 5.73 Å². The van der Waals surface area contributed by atoms with Crippen LogP contribution in [0.25, 0.3) is 0 Å². The lowest BCUT2D eigenvalue weighted by Gasteiger charge is -2.22. The molecule has 5 nitrogen and oxygen atoms in total. The van der Waals surface area contributed by atoms with Crippen molar-refractivity contribution < 1.29 is 18.3 Å². The number of halogens is 2. The molecule has 21 heavy (non-hydrogen) atoms. The average Bonchev–Trinajstić information content (AvgIpc) is 2.35. The highest BCUT2D eigenvalue weighted by molar-refractivity contribution is 5.91. The number of rotatable bonds is 5. The second-order valence-corrected chi connectivity index (χ2v) is 5.67. The van der Waals surface area contributed by atoms with Crippen LogP contribution < -0.4 is 21.1 Å². The quantitative estimate of drug-likeness (QED) is 0.782. The predicted octanol–water partition coefficient (Wildman–Crippen LogP) is 2.58. The van der Waals surface area contributed by atoms with E-state index in [2.05, 4.69) is 10.6 Å². The molecule has 0 saturated heterocycles. The Morgan fingerprint density at radius 1 is 1.29 bits per heavy atom. The van der Waals surface area contributed by atoms with Gasteiger partial charge in [-0.05, 0) is 32.9 Å². The third-order valence-corrected chi connectivity index (χ3v) is 2.36. The van der Waals surface area contributed by atoms with Crippen molar-refractivity contribution in [1.29, 1.82) is 0 Å². The van der Waals surface area contributed by atoms with Gasteiger partial charge in [0.2, 0.25) is 0 Å². The van der Waals surface area contributed by atoms with E-state index in [4.69, 9.17) is 10.5 Å². The first-order valence-corrected chi connectivity index (χ1v) is 6.52. The highest BCUT2D eigenvalue weighted by Crippen LogP contribution is 2.25. The van der Waals surface area contributed by atoms with Crippen molar-refractivity contribution >= 4 is 11.7 Å². The molecular formula is C14H21F2N3O2. The van der Waals surface area contributed by atoms with Crippen LogP contribution >= 0.6 is 0 Å². The molecule has 0 saturated carbocycles. The average molecular weight is 301 g/mol. The normalized spacial score (nSPS) is 11.9. The summed E-state index contributed by atoms with van der Waals surface area (Å²) in [5.41, 5.74) is 4.85. The number of carbonyl (C=O) groups is 1. The van der Waals surface area contributed by atoms with Crippen LogP contribution in [0.1, 0.15) is 20.8 Å². The minimum Gasteiger partial charge on any atom is -0.485 e. The summed E-state index contributed by atoms with van der Waals surface area (Å²) in [6.07, 6.45) is 0. The summed E-state index contributed by atoms with van der Waals surface area (Å²) in [6, 6.07) is 5.92. The van der Waals surface area contributed by atoms with E-state index in [1.165, 1.54) is 6.07 Å². The molecule has 0 spiro atoms. The fourth-order valence-electron chi connectivity index (χ4n) is 1.43. The topological polar surface area (TPSA) is 76.4 Å². The first-order chi connectivity index (χ1) is 9.63. The van der Waals surface area contributed by atoms with Gasteiger partial charge in [0.1, 0.15) is 5.75 Å². The number of hydrogen-bond acceptors (Lipinski definition) is 3. The summed E-state index contributed by atoms with van der Waals surface area (Å²) in [5, 5.41) is 5.27. The Morgan fingerprint density at radius 3 is 2.48 bits per heavy atom. The minimum atomic E-state index is -3.11. The number of carbonyl (C=O) groups excluding carboxylic acids is 1. The lowest BCUT2D eigenvalue weighted by Crippen LogP contribution is -2.43. The largest absolute Gasteiger partial charge is 0.485 e. The Labute approximate surface area is 122 Å². The highest BCUT2D eigenvalue weighted by atomic mass is 19.3. The maximum absolute atomic E-state index is 13.1. The molecule has 118 valence electrons. The number of nitrogens with one attached hydrogen (secondary N) is 2. The van der Waals surface area contributed by atoms with Crippen LogP contribution in [0.3, 0.4) is 0 Å². The van der Waals surface area contributed by atoms with Crippen LogP contribution in [0, 0.1) is 0 Å². The standard InChI is InChI=1S/C14H21F2N3O2/c1-13(2,3)19-12(20)18-10-6-4-5-7-11(10)21-9-14(15,16)8-17/h4-7H,8-9,17H2,1-3H3,(H2,18,19,20). The van der Waals surface area contributed by atoms with Crippen LogP contribution in [0.2, 0.25) is 0 Å². The van der Waals surface area contributed by atoms with Gasteiger partial charge in [-0.3, -0.25) is 0 Å². The fraction of sp³-hybridized carbons (Fsp3) is 0.500. The van der Waals surface area contributed by atoms with E-state index in [1.54, 1.807) is 18.2 Å². The Kier molecular flexibility index (Phi) is 5.48. The number of para-hydroxylation sites is 2. The molecule has 0 aliphatic rings. The summed E-state index contributed by atoms with van der Waals surface area (Å²) in [6.45, 7) is 3.85. The third-order valence-electron chi connectivity index (χ3n) is 2.36. The second kappa shape index (κ2) is 6.71. The zero-order valence-corrected chi connectivity index (χ0v) is 12.4. The van der Waals surface area contributed by atoms with Gasteiger partial charge < -0.3 is 21.1 Å². The summed E-state index contributed by atoms with van der Waals surface area (Å²) >= 11 is 0. The fourth-order valence-corrected chi connectivity index (χ4v) is 1.43. The minimum absolute atomic E-state index is 0.162. The maximum atomic E-state index is 13.1. The molecule has 0 radical (unpaired) electrons. The van der Waals surface area contributed by atoms with E-state index in [0.717, 1.165) is 0 Å². The SMILES string of the molecule is CC(C)(C)NC(=O)Nc1ccccc1OCC(F)(F)CN. The van der Waals surface area contributed by atoms with Crippen LogP contribution in [0.4, 0.5) is 19.3 Å². The predicted molar refractivity (Wildman–Crippen MR) is 77.8 cm³/mol. The van der Waals surface area contributed by atoms with E-state index in [-0.39, 0.29) is 5.75 Å². The Morgan fingerprint density at radius 2 is 1.90 bits per heavy atom. The Balaban J connectivity index is 2.73. The second-order valence-electron chi connectivity index (χ2n) is 5.67. The molecule has 0 aromatic heterocycles. The molecule has 2 amide bonds. The Bertz CT molecular complexity index is 487. The highest BCUT2D eigenvalue weighted by Gasteiger charge is 2.28. The maximum Gasteiger partial charge on any atom is 0.319 e. The molecule has 1 rings (SSSR count). The van der Waals surface area contributed by atoms with Gasteiger partial charge in [-0.2, -0.15) is 0 Å². The van der Waals surface area contributed by atoms with Gasteiger partial charge >= 0.3 is 6.03 Å². The van der Waals surface area contributed by atoms with Crippen molar-refractivity contribution in [3.8, 4) is 5.75 Å². The first kappa shape index (κ1) is 17.2. The third kappa shape index (κ3) is 6.40. The summed E-state index contributed by atoms with van der Waals surface area (Å²) in [5.74, 6) is -2.95. The molecule has 4 N–H and O–H groups in total. The number of hydrogen-bond donors (Lipinski definition) is 3. The van der Waals surface area contributed by atoms with Crippen LogP contribution in [-0.2, 0) is 0 Å². The van der Waals surface area contributed by atoms with Gasteiger partial charge in [-0.15, -0.1) is 0 Å². The lowest BCUT2D eigenvalue weighted by atomic mass is 10.1. The number of benzene rings is 1. The number of alkyl halides is 2. The van der Waals surface area contributed by atoms with Gasteiger partial charge in [-0.25, -0.2) is 13.6 Å². The van der Waals surface area contributed by atoms with Crippen LogP contribution in [-0.4, -0.2) is 30.6 Å². The zero-order chi connectivity index (χ0) is 16.1. The molecular weight excluding hydrogens is 280 g/mol. The van der Waals surface area contributed by atoms with Crippen molar-refractivity contribution in [3.63, 3.8) is 0 Å². The van der Waals surface area contributed by atoms with Crippen molar-refractivity contribution in [1.82, 2.24) is 5.32 Å². The number of amides is 2. The van der Waals surface area contributed by atoms with Gasteiger partial charge in [0.05, 0.1) is 12.2 Å². The van der Waals surface area contributed by atoms with Crippen molar-refractivity contribution in [3.05, 3.63) is 24.3 Å². The van der Waals surface area contributed by atoms with Gasteiger partial charge in [0.25, 0.3) is 5.92 Å². The molecule has 1 aromatic rings.